The largest absolute Gasteiger partial charge is 0.350 e. The molecule has 0 aliphatic heterocycles. The number of hydrogen-bond acceptors (Lipinski definition) is 4. The molecule has 0 bridgehead atoms. The first kappa shape index (κ1) is 15.9. The first-order chi connectivity index (χ1) is 12.5. The van der Waals surface area contributed by atoms with Gasteiger partial charge in [0.25, 0.3) is 0 Å². The van der Waals surface area contributed by atoms with Crippen LogP contribution >= 0.6 is 0 Å². The number of nitrogens with one attached hydrogen (secondary N) is 2. The Labute approximate surface area is 146 Å². The van der Waals surface area contributed by atoms with Gasteiger partial charge in [0.1, 0.15) is 11.6 Å². The molecule has 0 unspecified atom stereocenters. The molecule has 26 heavy (non-hydrogen) atoms. The molecule has 0 spiro atoms. The third-order valence-corrected chi connectivity index (χ3v) is 3.89. The molecule has 0 fully saturated rings. The maximum absolute atomic E-state index is 14.0. The minimum atomic E-state index is -0.668. The Morgan fingerprint density at radius 1 is 1.12 bits per heavy atom. The minimum absolute atomic E-state index is 0.0299. The highest BCUT2D eigenvalue weighted by Gasteiger charge is 2.14. The average Bonchev–Trinajstić information content (AvgIpc) is 2.99. The van der Waals surface area contributed by atoms with E-state index in [9.17, 15) is 13.6 Å². The number of aromatic nitrogens is 4. The lowest BCUT2D eigenvalue weighted by molar-refractivity contribution is 0.603. The molecule has 0 atom stereocenters. The van der Waals surface area contributed by atoms with Crippen LogP contribution in [0.1, 0.15) is 5.56 Å². The van der Waals surface area contributed by atoms with E-state index in [0.717, 1.165) is 33.7 Å². The van der Waals surface area contributed by atoms with E-state index in [1.54, 1.807) is 6.07 Å². The van der Waals surface area contributed by atoms with Crippen LogP contribution in [0.2, 0.25) is 0 Å². The van der Waals surface area contributed by atoms with E-state index >= 15 is 0 Å². The van der Waals surface area contributed by atoms with Gasteiger partial charge in [0.2, 0.25) is 5.95 Å². The molecule has 2 heterocycles. The number of aromatic amines is 1. The van der Waals surface area contributed by atoms with E-state index in [2.05, 4.69) is 20.5 Å². The summed E-state index contributed by atoms with van der Waals surface area (Å²) >= 11 is 0. The summed E-state index contributed by atoms with van der Waals surface area (Å²) in [4.78, 5) is 16.5. The minimum Gasteiger partial charge on any atom is -0.323 e. The first-order valence-electron chi connectivity index (χ1n) is 7.78. The molecule has 0 saturated heterocycles. The lowest BCUT2D eigenvalue weighted by atomic mass is 10.1. The zero-order chi connectivity index (χ0) is 18.3. The number of rotatable bonds is 3. The van der Waals surface area contributed by atoms with Gasteiger partial charge in [-0.1, -0.05) is 23.8 Å². The number of nitrogens with zero attached hydrogens (tertiary/aromatic N) is 3. The van der Waals surface area contributed by atoms with Gasteiger partial charge in [-0.2, -0.15) is 5.10 Å². The van der Waals surface area contributed by atoms with Crippen molar-refractivity contribution in [2.45, 2.75) is 6.92 Å². The summed E-state index contributed by atoms with van der Waals surface area (Å²) in [6.45, 7) is 1.95. The molecule has 2 N–H and O–H groups in total. The van der Waals surface area contributed by atoms with Gasteiger partial charge in [-0.05, 0) is 25.1 Å². The molecule has 0 radical (unpaired) electrons. The van der Waals surface area contributed by atoms with E-state index in [0.29, 0.717) is 11.3 Å². The molecule has 0 aliphatic rings. The van der Waals surface area contributed by atoms with Gasteiger partial charge in [-0.3, -0.25) is 0 Å². The summed E-state index contributed by atoms with van der Waals surface area (Å²) in [5.41, 5.74) is 2.02. The topological polar surface area (TPSA) is 75.1 Å². The molecule has 2 aromatic heterocycles. The fourth-order valence-electron chi connectivity index (χ4n) is 2.68. The summed E-state index contributed by atoms with van der Waals surface area (Å²) in [7, 11) is 0. The Bertz CT molecular complexity index is 1180. The quantitative estimate of drug-likeness (QED) is 0.592. The highest BCUT2D eigenvalue weighted by molar-refractivity contribution is 5.68. The lowest BCUT2D eigenvalue weighted by Gasteiger charge is -2.10. The number of anilines is 2. The van der Waals surface area contributed by atoms with Gasteiger partial charge >= 0.3 is 5.69 Å². The smallest absolute Gasteiger partial charge is 0.323 e. The first-order valence-corrected chi connectivity index (χ1v) is 7.78. The highest BCUT2D eigenvalue weighted by Crippen LogP contribution is 2.24. The van der Waals surface area contributed by atoms with E-state index in [4.69, 9.17) is 0 Å². The standard InChI is InChI=1S/C18H13F2N5O/c1-10-3-2-4-11(7-10)14-9-16-23-24-18(26)25(16)17(21-14)22-15-8-12(19)5-6-13(15)20/h2-9H,1H3,(H,21,22)(H,24,26). The molecule has 8 heteroatoms. The maximum atomic E-state index is 14.0. The number of fused-ring (bicyclic) bond motifs is 1. The lowest BCUT2D eigenvalue weighted by Crippen LogP contribution is -2.15. The average molecular weight is 353 g/mol. The molecule has 6 nitrogen and oxygen atoms in total. The predicted octanol–water partition coefficient (Wildman–Crippen LogP) is 3.41. The fourth-order valence-corrected chi connectivity index (χ4v) is 2.68. The summed E-state index contributed by atoms with van der Waals surface area (Å²) in [5.74, 6) is -1.25. The van der Waals surface area contributed by atoms with E-state index < -0.39 is 17.3 Å². The SMILES string of the molecule is Cc1cccc(-c2cc3n[nH]c(=O)n3c(Nc3cc(F)ccc3F)n2)c1. The van der Waals surface area contributed by atoms with Crippen LogP contribution in [0.4, 0.5) is 20.4 Å². The van der Waals surface area contributed by atoms with E-state index in [1.807, 2.05) is 31.2 Å². The summed E-state index contributed by atoms with van der Waals surface area (Å²) < 4.78 is 28.6. The molecule has 4 rings (SSSR count). The molecule has 4 aromatic rings. The second-order valence-corrected chi connectivity index (χ2v) is 5.81. The van der Waals surface area contributed by atoms with Crippen LogP contribution < -0.4 is 11.0 Å². The normalized spacial score (nSPS) is 11.0. The van der Waals surface area contributed by atoms with Crippen molar-refractivity contribution in [1.82, 2.24) is 19.6 Å². The Kier molecular flexibility index (Phi) is 3.72. The predicted molar refractivity (Wildman–Crippen MR) is 93.4 cm³/mol. The number of halogens is 2. The Hall–Kier alpha value is -3.55. The molecular formula is C18H13F2N5O. The van der Waals surface area contributed by atoms with Crippen molar-refractivity contribution in [3.05, 3.63) is 76.2 Å². The van der Waals surface area contributed by atoms with Crippen molar-refractivity contribution < 1.29 is 8.78 Å². The Morgan fingerprint density at radius 2 is 1.96 bits per heavy atom. The molecule has 2 aromatic carbocycles. The van der Waals surface area contributed by atoms with Crippen LogP contribution in [0.3, 0.4) is 0 Å². The summed E-state index contributed by atoms with van der Waals surface area (Å²) in [6.07, 6.45) is 0. The van der Waals surface area contributed by atoms with Crippen LogP contribution in [0.25, 0.3) is 16.9 Å². The monoisotopic (exact) mass is 353 g/mol. The van der Waals surface area contributed by atoms with Crippen molar-refractivity contribution >= 4 is 17.3 Å². The van der Waals surface area contributed by atoms with Crippen molar-refractivity contribution in [2.75, 3.05) is 5.32 Å². The molecule has 0 aliphatic carbocycles. The van der Waals surface area contributed by atoms with Gasteiger partial charge in [-0.25, -0.2) is 28.1 Å². The number of H-pyrrole nitrogens is 1. The molecule has 0 amide bonds. The molecule has 130 valence electrons. The van der Waals surface area contributed by atoms with Gasteiger partial charge < -0.3 is 5.32 Å². The van der Waals surface area contributed by atoms with Crippen LogP contribution in [-0.4, -0.2) is 19.6 Å². The van der Waals surface area contributed by atoms with Crippen LogP contribution in [-0.2, 0) is 0 Å². The van der Waals surface area contributed by atoms with Gasteiger partial charge in [0.05, 0.1) is 11.4 Å². The zero-order valence-electron chi connectivity index (χ0n) is 13.6. The summed E-state index contributed by atoms with van der Waals surface area (Å²) in [6, 6.07) is 12.3. The third-order valence-electron chi connectivity index (χ3n) is 3.89. The third kappa shape index (κ3) is 2.81. The van der Waals surface area contributed by atoms with Crippen molar-refractivity contribution in [3.63, 3.8) is 0 Å². The van der Waals surface area contributed by atoms with Crippen LogP contribution in [0.5, 0.6) is 0 Å². The fraction of sp³-hybridized carbons (Fsp3) is 0.0556. The number of hydrogen-bond donors (Lipinski definition) is 2. The zero-order valence-corrected chi connectivity index (χ0v) is 13.6. The van der Waals surface area contributed by atoms with E-state index in [-0.39, 0.29) is 11.6 Å². The Morgan fingerprint density at radius 3 is 2.77 bits per heavy atom. The molecule has 0 saturated carbocycles. The second kappa shape index (κ2) is 6.07. The van der Waals surface area contributed by atoms with Crippen molar-refractivity contribution in [3.8, 4) is 11.3 Å². The van der Waals surface area contributed by atoms with Gasteiger partial charge in [-0.15, -0.1) is 0 Å². The van der Waals surface area contributed by atoms with Crippen molar-refractivity contribution in [2.24, 2.45) is 0 Å². The highest BCUT2D eigenvalue weighted by atomic mass is 19.1. The number of aryl methyl sites for hydroxylation is 1. The second-order valence-electron chi connectivity index (χ2n) is 5.81. The van der Waals surface area contributed by atoms with E-state index in [1.165, 1.54) is 0 Å². The summed E-state index contributed by atoms with van der Waals surface area (Å²) in [5, 5.41) is 8.96. The van der Waals surface area contributed by atoms with Gasteiger partial charge in [0.15, 0.2) is 5.65 Å². The Balaban J connectivity index is 1.91. The maximum Gasteiger partial charge on any atom is 0.350 e. The van der Waals surface area contributed by atoms with Crippen LogP contribution in [0, 0.1) is 18.6 Å². The van der Waals surface area contributed by atoms with Gasteiger partial charge in [0, 0.05) is 17.7 Å². The van der Waals surface area contributed by atoms with Crippen LogP contribution in [0.15, 0.2) is 53.3 Å². The van der Waals surface area contributed by atoms with Crippen molar-refractivity contribution in [1.29, 1.82) is 0 Å². The number of benzene rings is 2. The molecular weight excluding hydrogens is 340 g/mol.